The lowest BCUT2D eigenvalue weighted by molar-refractivity contribution is 0.209. The number of hydrogen-bond acceptors (Lipinski definition) is 2. The fourth-order valence-electron chi connectivity index (χ4n) is 1.32. The summed E-state index contributed by atoms with van der Waals surface area (Å²) < 4.78 is 0. The Morgan fingerprint density at radius 2 is 1.92 bits per heavy atom. The van der Waals surface area contributed by atoms with Gasteiger partial charge in [0.05, 0.1) is 0 Å². The quantitative estimate of drug-likeness (QED) is 0.667. The summed E-state index contributed by atoms with van der Waals surface area (Å²) in [5.74, 6) is 0.437. The molecule has 80 valence electrons. The Bertz CT molecular complexity index is 118. The average molecular weight is 187 g/mol. The molecule has 2 nitrogen and oxygen atoms in total. The molecule has 0 rings (SSSR count). The van der Waals surface area contributed by atoms with Crippen molar-refractivity contribution in [2.75, 3.05) is 19.7 Å². The van der Waals surface area contributed by atoms with E-state index < -0.39 is 0 Å². The predicted octanol–water partition coefficient (Wildman–Crippen LogP) is 2.03. The average Bonchev–Trinajstić information content (AvgIpc) is 2.01. The first kappa shape index (κ1) is 12.9. The molecule has 0 aromatic carbocycles. The summed E-state index contributed by atoms with van der Waals surface area (Å²) in [5, 5.41) is 12.4. The van der Waals surface area contributed by atoms with Crippen molar-refractivity contribution >= 4 is 0 Å². The number of aliphatic hydroxyl groups excluding tert-OH is 1. The zero-order valence-corrected chi connectivity index (χ0v) is 9.56. The van der Waals surface area contributed by atoms with E-state index in [1.54, 1.807) is 0 Å². The van der Waals surface area contributed by atoms with Crippen molar-refractivity contribution in [3.8, 4) is 0 Å². The number of nitrogens with one attached hydrogen (secondary N) is 1. The van der Waals surface area contributed by atoms with Gasteiger partial charge in [-0.3, -0.25) is 0 Å². The van der Waals surface area contributed by atoms with Gasteiger partial charge in [0, 0.05) is 19.7 Å². The van der Waals surface area contributed by atoms with Crippen molar-refractivity contribution in [3.63, 3.8) is 0 Å². The number of hydrogen-bond donors (Lipinski definition) is 2. The van der Waals surface area contributed by atoms with Gasteiger partial charge in [0.2, 0.25) is 0 Å². The van der Waals surface area contributed by atoms with Crippen LogP contribution in [0.3, 0.4) is 0 Å². The van der Waals surface area contributed by atoms with Crippen LogP contribution < -0.4 is 5.32 Å². The second-order valence-electron chi connectivity index (χ2n) is 5.03. The maximum absolute atomic E-state index is 9.05. The SMILES string of the molecule is CCC[C@@H](CO)CNCC(C)(C)C. The molecule has 1 atom stereocenters. The van der Waals surface area contributed by atoms with Crippen LogP contribution in [0.25, 0.3) is 0 Å². The first-order valence-electron chi connectivity index (χ1n) is 5.31. The van der Waals surface area contributed by atoms with E-state index in [0.29, 0.717) is 17.9 Å². The van der Waals surface area contributed by atoms with Gasteiger partial charge in [-0.2, -0.15) is 0 Å². The van der Waals surface area contributed by atoms with Crippen LogP contribution in [0.4, 0.5) is 0 Å². The molecule has 0 heterocycles. The van der Waals surface area contributed by atoms with E-state index >= 15 is 0 Å². The third kappa shape index (κ3) is 8.26. The van der Waals surface area contributed by atoms with Gasteiger partial charge in [0.1, 0.15) is 0 Å². The molecule has 0 aromatic heterocycles. The largest absolute Gasteiger partial charge is 0.396 e. The van der Waals surface area contributed by atoms with E-state index in [1.807, 2.05) is 0 Å². The number of rotatable bonds is 6. The summed E-state index contributed by atoms with van der Waals surface area (Å²) >= 11 is 0. The van der Waals surface area contributed by atoms with Gasteiger partial charge in [0.25, 0.3) is 0 Å². The van der Waals surface area contributed by atoms with Gasteiger partial charge in [0.15, 0.2) is 0 Å². The third-order valence-electron chi connectivity index (χ3n) is 2.04. The molecular formula is C11H25NO. The van der Waals surface area contributed by atoms with E-state index in [9.17, 15) is 0 Å². The van der Waals surface area contributed by atoms with Crippen LogP contribution in [-0.2, 0) is 0 Å². The first-order chi connectivity index (χ1) is 5.99. The molecular weight excluding hydrogens is 162 g/mol. The van der Waals surface area contributed by atoms with Crippen molar-refractivity contribution < 1.29 is 5.11 Å². The zero-order chi connectivity index (χ0) is 10.3. The summed E-state index contributed by atoms with van der Waals surface area (Å²) in [6.07, 6.45) is 2.27. The van der Waals surface area contributed by atoms with Crippen molar-refractivity contribution in [3.05, 3.63) is 0 Å². The van der Waals surface area contributed by atoms with Crippen LogP contribution in [0.5, 0.6) is 0 Å². The molecule has 0 bridgehead atoms. The monoisotopic (exact) mass is 187 g/mol. The van der Waals surface area contributed by atoms with Crippen LogP contribution in [0, 0.1) is 11.3 Å². The minimum absolute atomic E-state index is 0.310. The Hall–Kier alpha value is -0.0800. The van der Waals surface area contributed by atoms with Crippen molar-refractivity contribution in [1.29, 1.82) is 0 Å². The molecule has 0 aliphatic heterocycles. The fraction of sp³-hybridized carbons (Fsp3) is 1.00. The Morgan fingerprint density at radius 1 is 1.31 bits per heavy atom. The van der Waals surface area contributed by atoms with Gasteiger partial charge in [-0.05, 0) is 17.8 Å². The molecule has 0 unspecified atom stereocenters. The smallest absolute Gasteiger partial charge is 0.0471 e. The molecule has 13 heavy (non-hydrogen) atoms. The summed E-state index contributed by atoms with van der Waals surface area (Å²) in [6.45, 7) is 11.1. The lowest BCUT2D eigenvalue weighted by atomic mass is 9.96. The Kier molecular flexibility index (Phi) is 6.35. The van der Waals surface area contributed by atoms with Crippen molar-refractivity contribution in [2.24, 2.45) is 11.3 Å². The predicted molar refractivity (Wildman–Crippen MR) is 57.8 cm³/mol. The van der Waals surface area contributed by atoms with Crippen LogP contribution in [0.15, 0.2) is 0 Å². The van der Waals surface area contributed by atoms with E-state index in [-0.39, 0.29) is 0 Å². The minimum atomic E-state index is 0.310. The topological polar surface area (TPSA) is 32.3 Å². The summed E-state index contributed by atoms with van der Waals surface area (Å²) in [6, 6.07) is 0. The molecule has 0 radical (unpaired) electrons. The molecule has 0 aliphatic carbocycles. The highest BCUT2D eigenvalue weighted by Gasteiger charge is 2.11. The van der Waals surface area contributed by atoms with Gasteiger partial charge in [-0.1, -0.05) is 34.1 Å². The normalized spacial score (nSPS) is 14.5. The Labute approximate surface area is 82.7 Å². The van der Waals surface area contributed by atoms with E-state index in [0.717, 1.165) is 25.9 Å². The lowest BCUT2D eigenvalue weighted by Crippen LogP contribution is -2.32. The summed E-state index contributed by atoms with van der Waals surface area (Å²) in [7, 11) is 0. The number of aliphatic hydroxyl groups is 1. The van der Waals surface area contributed by atoms with Crippen LogP contribution in [0.1, 0.15) is 40.5 Å². The molecule has 0 fully saturated rings. The fourth-order valence-corrected chi connectivity index (χ4v) is 1.32. The van der Waals surface area contributed by atoms with Crippen LogP contribution in [0.2, 0.25) is 0 Å². The molecule has 0 saturated carbocycles. The molecule has 2 N–H and O–H groups in total. The summed E-state index contributed by atoms with van der Waals surface area (Å²) in [5.41, 5.74) is 0.340. The highest BCUT2D eigenvalue weighted by Crippen LogP contribution is 2.11. The molecule has 0 spiro atoms. The standard InChI is InChI=1S/C11H25NO/c1-5-6-10(8-13)7-12-9-11(2,3)4/h10,12-13H,5-9H2,1-4H3/t10-/m1/s1. The molecule has 2 heteroatoms. The van der Waals surface area contributed by atoms with Gasteiger partial charge in [-0.25, -0.2) is 0 Å². The molecule has 0 aliphatic rings. The molecule has 0 saturated heterocycles. The first-order valence-corrected chi connectivity index (χ1v) is 5.31. The summed E-state index contributed by atoms with van der Waals surface area (Å²) in [4.78, 5) is 0. The Balaban J connectivity index is 3.49. The second-order valence-corrected chi connectivity index (χ2v) is 5.03. The Morgan fingerprint density at radius 3 is 2.31 bits per heavy atom. The van der Waals surface area contributed by atoms with Crippen LogP contribution in [-0.4, -0.2) is 24.8 Å². The third-order valence-corrected chi connectivity index (χ3v) is 2.04. The zero-order valence-electron chi connectivity index (χ0n) is 9.56. The highest BCUT2D eigenvalue weighted by molar-refractivity contribution is 4.67. The van der Waals surface area contributed by atoms with Crippen LogP contribution >= 0.6 is 0 Å². The molecule has 0 amide bonds. The van der Waals surface area contributed by atoms with Crippen molar-refractivity contribution in [1.82, 2.24) is 5.32 Å². The van der Waals surface area contributed by atoms with Gasteiger partial charge in [-0.15, -0.1) is 0 Å². The van der Waals surface area contributed by atoms with Crippen molar-refractivity contribution in [2.45, 2.75) is 40.5 Å². The maximum atomic E-state index is 9.05. The van der Waals surface area contributed by atoms with E-state index in [1.165, 1.54) is 0 Å². The maximum Gasteiger partial charge on any atom is 0.0471 e. The second kappa shape index (κ2) is 6.39. The minimum Gasteiger partial charge on any atom is -0.396 e. The highest BCUT2D eigenvalue weighted by atomic mass is 16.3. The van der Waals surface area contributed by atoms with E-state index in [2.05, 4.69) is 33.0 Å². The van der Waals surface area contributed by atoms with Gasteiger partial charge < -0.3 is 10.4 Å². The lowest BCUT2D eigenvalue weighted by Gasteiger charge is -2.21. The van der Waals surface area contributed by atoms with E-state index in [4.69, 9.17) is 5.11 Å². The van der Waals surface area contributed by atoms with Gasteiger partial charge >= 0.3 is 0 Å². The molecule has 0 aromatic rings.